The van der Waals surface area contributed by atoms with Crippen molar-refractivity contribution in [2.24, 2.45) is 13.0 Å². The zero-order valence-electron chi connectivity index (χ0n) is 13.6. The number of rotatable bonds is 5. The zero-order chi connectivity index (χ0) is 17.2. The molecule has 1 aromatic heterocycles. The van der Waals surface area contributed by atoms with Crippen molar-refractivity contribution in [1.82, 2.24) is 19.2 Å². The van der Waals surface area contributed by atoms with Crippen molar-refractivity contribution in [3.8, 4) is 0 Å². The van der Waals surface area contributed by atoms with Gasteiger partial charge in [0.05, 0.1) is 6.33 Å². The first-order valence-electron chi connectivity index (χ1n) is 7.67. The molecular weight excluding hydrogens is 340 g/mol. The van der Waals surface area contributed by atoms with Gasteiger partial charge in [0, 0.05) is 32.6 Å². The largest absolute Gasteiger partial charge is 0.343 e. The average molecular weight is 363 g/mol. The van der Waals surface area contributed by atoms with Crippen LogP contribution in [0.2, 0.25) is 5.15 Å². The van der Waals surface area contributed by atoms with Gasteiger partial charge in [-0.1, -0.05) is 25.4 Å². The predicted molar refractivity (Wildman–Crippen MR) is 87.6 cm³/mol. The SMILES string of the molecule is CC(C)CC(=O)N1CCC(NS(=O)(=O)c2ncn(C)c2Cl)CC1. The second kappa shape index (κ2) is 7.19. The van der Waals surface area contributed by atoms with E-state index in [0.717, 1.165) is 0 Å². The molecule has 1 N–H and O–H groups in total. The summed E-state index contributed by atoms with van der Waals surface area (Å²) in [6, 6.07) is -0.207. The Kier molecular flexibility index (Phi) is 5.70. The van der Waals surface area contributed by atoms with E-state index in [2.05, 4.69) is 9.71 Å². The number of nitrogens with zero attached hydrogens (tertiary/aromatic N) is 3. The highest BCUT2D eigenvalue weighted by atomic mass is 35.5. The molecule has 2 rings (SSSR count). The molecule has 1 amide bonds. The van der Waals surface area contributed by atoms with E-state index in [1.54, 1.807) is 11.9 Å². The van der Waals surface area contributed by atoms with Crippen molar-refractivity contribution < 1.29 is 13.2 Å². The molecule has 0 saturated carbocycles. The van der Waals surface area contributed by atoms with Crippen LogP contribution in [0.4, 0.5) is 0 Å². The average Bonchev–Trinajstić information content (AvgIpc) is 2.79. The van der Waals surface area contributed by atoms with Gasteiger partial charge >= 0.3 is 0 Å². The number of hydrogen-bond donors (Lipinski definition) is 1. The van der Waals surface area contributed by atoms with Crippen molar-refractivity contribution in [1.29, 1.82) is 0 Å². The number of aryl methyl sites for hydroxylation is 1. The molecule has 0 spiro atoms. The number of sulfonamides is 1. The number of halogens is 1. The standard InChI is InChI=1S/C14H23ClN4O3S/c1-10(2)8-12(20)19-6-4-11(5-7-19)17-23(21,22)14-13(15)18(3)9-16-14/h9-11,17H,4-8H2,1-3H3. The minimum absolute atomic E-state index is 0.0852. The molecule has 0 aromatic carbocycles. The summed E-state index contributed by atoms with van der Waals surface area (Å²) in [6.45, 7) is 5.15. The topological polar surface area (TPSA) is 84.3 Å². The molecule has 9 heteroatoms. The molecule has 1 fully saturated rings. The highest BCUT2D eigenvalue weighted by Crippen LogP contribution is 2.21. The first-order chi connectivity index (χ1) is 10.7. The molecular formula is C14H23ClN4O3S. The first kappa shape index (κ1) is 18.2. The van der Waals surface area contributed by atoms with E-state index >= 15 is 0 Å². The number of carbonyl (C=O) groups excluding carboxylic acids is 1. The Morgan fingerprint density at radius 3 is 2.52 bits per heavy atom. The smallest absolute Gasteiger partial charge is 0.261 e. The molecule has 1 aliphatic rings. The van der Waals surface area contributed by atoms with Crippen molar-refractivity contribution in [2.75, 3.05) is 13.1 Å². The first-order valence-corrected chi connectivity index (χ1v) is 9.53. The second-order valence-electron chi connectivity index (χ2n) is 6.33. The van der Waals surface area contributed by atoms with E-state index in [9.17, 15) is 13.2 Å². The summed E-state index contributed by atoms with van der Waals surface area (Å²) in [5.41, 5.74) is 0. The maximum atomic E-state index is 12.3. The van der Waals surface area contributed by atoms with E-state index < -0.39 is 10.0 Å². The summed E-state index contributed by atoms with van der Waals surface area (Å²) in [7, 11) is -2.11. The quantitative estimate of drug-likeness (QED) is 0.857. The van der Waals surface area contributed by atoms with Crippen LogP contribution >= 0.6 is 11.6 Å². The number of amides is 1. The van der Waals surface area contributed by atoms with Crippen LogP contribution in [-0.2, 0) is 21.9 Å². The molecule has 1 aromatic rings. The molecule has 1 aliphatic heterocycles. The molecule has 23 heavy (non-hydrogen) atoms. The van der Waals surface area contributed by atoms with Crippen LogP contribution in [0.25, 0.3) is 0 Å². The number of imidazole rings is 1. The summed E-state index contributed by atoms with van der Waals surface area (Å²) < 4.78 is 28.8. The highest BCUT2D eigenvalue weighted by Gasteiger charge is 2.29. The van der Waals surface area contributed by atoms with Gasteiger partial charge in [-0.2, -0.15) is 0 Å². The van der Waals surface area contributed by atoms with Gasteiger partial charge in [0.2, 0.25) is 10.9 Å². The molecule has 0 atom stereocenters. The molecule has 0 bridgehead atoms. The minimum Gasteiger partial charge on any atom is -0.343 e. The van der Waals surface area contributed by atoms with Crippen LogP contribution in [-0.4, -0.2) is 47.9 Å². The number of piperidine rings is 1. The van der Waals surface area contributed by atoms with E-state index in [1.807, 2.05) is 13.8 Å². The fourth-order valence-corrected chi connectivity index (χ4v) is 4.31. The van der Waals surface area contributed by atoms with Gasteiger partial charge in [-0.15, -0.1) is 0 Å². The monoisotopic (exact) mass is 362 g/mol. The van der Waals surface area contributed by atoms with Gasteiger partial charge in [-0.05, 0) is 18.8 Å². The molecule has 0 aliphatic carbocycles. The lowest BCUT2D eigenvalue weighted by molar-refractivity contribution is -0.133. The van der Waals surface area contributed by atoms with Crippen LogP contribution in [0.5, 0.6) is 0 Å². The van der Waals surface area contributed by atoms with Gasteiger partial charge < -0.3 is 9.47 Å². The Morgan fingerprint density at radius 1 is 1.43 bits per heavy atom. The van der Waals surface area contributed by atoms with Crippen LogP contribution in [0.15, 0.2) is 11.4 Å². The molecule has 2 heterocycles. The molecule has 0 radical (unpaired) electrons. The summed E-state index contributed by atoms with van der Waals surface area (Å²) in [5, 5.41) is -0.0676. The second-order valence-corrected chi connectivity index (χ2v) is 8.31. The maximum absolute atomic E-state index is 12.3. The lowest BCUT2D eigenvalue weighted by Crippen LogP contribution is -2.46. The fourth-order valence-electron chi connectivity index (χ4n) is 2.57. The molecule has 7 nitrogen and oxygen atoms in total. The van der Waals surface area contributed by atoms with Gasteiger partial charge in [-0.3, -0.25) is 4.79 Å². The van der Waals surface area contributed by atoms with Crippen LogP contribution < -0.4 is 4.72 Å². The number of nitrogens with one attached hydrogen (secondary N) is 1. The van der Waals surface area contributed by atoms with Crippen LogP contribution in [0.3, 0.4) is 0 Å². The third-order valence-corrected chi connectivity index (χ3v) is 5.85. The van der Waals surface area contributed by atoms with Crippen molar-refractivity contribution in [2.45, 2.75) is 44.2 Å². The number of hydrogen-bond acceptors (Lipinski definition) is 4. The van der Waals surface area contributed by atoms with Crippen molar-refractivity contribution >= 4 is 27.5 Å². The number of carbonyl (C=O) groups is 1. The van der Waals surface area contributed by atoms with Crippen LogP contribution in [0.1, 0.15) is 33.1 Å². The summed E-state index contributed by atoms with van der Waals surface area (Å²) in [5.74, 6) is 0.458. The Hall–Kier alpha value is -1.12. The summed E-state index contributed by atoms with van der Waals surface area (Å²) >= 11 is 5.95. The van der Waals surface area contributed by atoms with Crippen LogP contribution in [0, 0.1) is 5.92 Å². The normalized spacial score (nSPS) is 17.0. The summed E-state index contributed by atoms with van der Waals surface area (Å²) in [4.78, 5) is 17.7. The van der Waals surface area contributed by atoms with Gasteiger partial charge in [0.15, 0.2) is 0 Å². The zero-order valence-corrected chi connectivity index (χ0v) is 15.2. The summed E-state index contributed by atoms with van der Waals surface area (Å²) in [6.07, 6.45) is 3.07. The molecule has 130 valence electrons. The number of likely N-dealkylation sites (tertiary alicyclic amines) is 1. The van der Waals surface area contributed by atoms with Gasteiger partial charge in [0.25, 0.3) is 10.0 Å². The third-order valence-electron chi connectivity index (χ3n) is 3.84. The van der Waals surface area contributed by atoms with Gasteiger partial charge in [-0.25, -0.2) is 18.1 Å². The number of aromatic nitrogens is 2. The van der Waals surface area contributed by atoms with Gasteiger partial charge in [0.1, 0.15) is 5.15 Å². The third kappa shape index (κ3) is 4.45. The van der Waals surface area contributed by atoms with E-state index in [4.69, 9.17) is 11.6 Å². The minimum atomic E-state index is -3.74. The Morgan fingerprint density at radius 2 is 2.04 bits per heavy atom. The maximum Gasteiger partial charge on any atom is 0.261 e. The molecule has 0 unspecified atom stereocenters. The highest BCUT2D eigenvalue weighted by molar-refractivity contribution is 7.89. The van der Waals surface area contributed by atoms with Crippen molar-refractivity contribution in [3.63, 3.8) is 0 Å². The van der Waals surface area contributed by atoms with E-state index in [1.165, 1.54) is 10.9 Å². The van der Waals surface area contributed by atoms with Crippen molar-refractivity contribution in [3.05, 3.63) is 11.5 Å². The lowest BCUT2D eigenvalue weighted by atomic mass is 10.0. The van der Waals surface area contributed by atoms with E-state index in [-0.39, 0.29) is 22.1 Å². The fraction of sp³-hybridized carbons (Fsp3) is 0.714. The Bertz CT molecular complexity index is 664. The Balaban J connectivity index is 1.94. The van der Waals surface area contributed by atoms with E-state index in [0.29, 0.717) is 38.3 Å². The lowest BCUT2D eigenvalue weighted by Gasteiger charge is -2.32. The Labute approximate surface area is 142 Å². The molecule has 1 saturated heterocycles. The predicted octanol–water partition coefficient (Wildman–Crippen LogP) is 1.39.